The predicted octanol–water partition coefficient (Wildman–Crippen LogP) is 2.77. The molecule has 1 aliphatic rings. The number of carbonyl (C=O) groups is 1. The van der Waals surface area contributed by atoms with E-state index in [0.29, 0.717) is 6.54 Å². The Kier molecular flexibility index (Phi) is 4.94. The van der Waals surface area contributed by atoms with Gasteiger partial charge in [0.05, 0.1) is 17.6 Å². The van der Waals surface area contributed by atoms with Crippen LogP contribution >= 0.6 is 0 Å². The first-order chi connectivity index (χ1) is 13.1. The summed E-state index contributed by atoms with van der Waals surface area (Å²) >= 11 is 0. The van der Waals surface area contributed by atoms with E-state index in [1.54, 1.807) is 0 Å². The van der Waals surface area contributed by atoms with Crippen molar-refractivity contribution in [2.75, 3.05) is 19.6 Å². The first kappa shape index (κ1) is 17.7. The van der Waals surface area contributed by atoms with Crippen molar-refractivity contribution >= 4 is 16.9 Å². The number of fused-ring (bicyclic) bond motifs is 1. The second-order valence-electron chi connectivity index (χ2n) is 7.53. The highest BCUT2D eigenvalue weighted by Crippen LogP contribution is 2.19. The number of aromatic amines is 1. The van der Waals surface area contributed by atoms with Gasteiger partial charge >= 0.3 is 0 Å². The van der Waals surface area contributed by atoms with Crippen LogP contribution in [0.15, 0.2) is 42.5 Å². The summed E-state index contributed by atoms with van der Waals surface area (Å²) in [6.45, 7) is 6.40. The third-order valence-electron chi connectivity index (χ3n) is 5.43. The van der Waals surface area contributed by atoms with E-state index in [2.05, 4.69) is 53.3 Å². The molecule has 1 aromatic heterocycles. The van der Waals surface area contributed by atoms with Gasteiger partial charge in [0.15, 0.2) is 0 Å². The number of hydrogen-bond acceptors (Lipinski definition) is 3. The van der Waals surface area contributed by atoms with E-state index in [9.17, 15) is 4.79 Å². The average Bonchev–Trinajstić information content (AvgIpc) is 3.08. The number of imidazole rings is 1. The molecule has 2 heterocycles. The van der Waals surface area contributed by atoms with Crippen LogP contribution in [0.1, 0.15) is 22.5 Å². The number of rotatable bonds is 5. The monoisotopic (exact) mass is 362 g/mol. The van der Waals surface area contributed by atoms with Crippen LogP contribution in [0, 0.1) is 13.8 Å². The number of H-pyrrole nitrogens is 1. The van der Waals surface area contributed by atoms with Crippen LogP contribution in [0.4, 0.5) is 0 Å². The molecule has 1 amide bonds. The molecule has 5 nitrogen and oxygen atoms in total. The van der Waals surface area contributed by atoms with Crippen LogP contribution in [-0.2, 0) is 17.6 Å². The highest BCUT2D eigenvalue weighted by molar-refractivity contribution is 5.80. The molecular weight excluding hydrogens is 336 g/mol. The van der Waals surface area contributed by atoms with Crippen molar-refractivity contribution in [2.24, 2.45) is 0 Å². The zero-order valence-corrected chi connectivity index (χ0v) is 16.0. The summed E-state index contributed by atoms with van der Waals surface area (Å²) in [5.74, 6) is 1.10. The Bertz CT molecular complexity index is 948. The minimum atomic E-state index is 0.109. The molecule has 2 N–H and O–H groups in total. The third kappa shape index (κ3) is 4.03. The third-order valence-corrected chi connectivity index (χ3v) is 5.43. The number of aromatic nitrogens is 2. The largest absolute Gasteiger partial charge is 0.351 e. The second-order valence-corrected chi connectivity index (χ2v) is 7.53. The van der Waals surface area contributed by atoms with Gasteiger partial charge < -0.3 is 10.3 Å². The lowest BCUT2D eigenvalue weighted by molar-refractivity contribution is -0.125. The van der Waals surface area contributed by atoms with Gasteiger partial charge in [-0.2, -0.15) is 0 Å². The molecule has 1 saturated heterocycles. The maximum atomic E-state index is 12.1. The molecule has 0 saturated carbocycles. The standard InChI is InChI=1S/C22H26N4O/c1-15-8-9-19-22(16(15)2)25-20(24-19)10-11-26-13-18(23-21(27)14-26)12-17-6-4-3-5-7-17/h3-9,18H,10-14H2,1-2H3,(H,23,27)(H,24,25)/t18-/m0/s1. The number of piperazine rings is 1. The van der Waals surface area contributed by atoms with E-state index in [-0.39, 0.29) is 11.9 Å². The van der Waals surface area contributed by atoms with Gasteiger partial charge in [-0.3, -0.25) is 9.69 Å². The molecule has 1 fully saturated rings. The molecular formula is C22H26N4O. The van der Waals surface area contributed by atoms with Gasteiger partial charge in [0.25, 0.3) is 0 Å². The Morgan fingerprint density at radius 1 is 1.15 bits per heavy atom. The summed E-state index contributed by atoms with van der Waals surface area (Å²) in [6, 6.07) is 14.7. The maximum Gasteiger partial charge on any atom is 0.234 e. The molecule has 140 valence electrons. The Morgan fingerprint density at radius 2 is 1.96 bits per heavy atom. The van der Waals surface area contributed by atoms with Crippen LogP contribution in [0.25, 0.3) is 11.0 Å². The number of amides is 1. The fourth-order valence-electron chi connectivity index (χ4n) is 3.83. The number of benzene rings is 2. The van der Waals surface area contributed by atoms with Crippen molar-refractivity contribution in [3.8, 4) is 0 Å². The van der Waals surface area contributed by atoms with Crippen molar-refractivity contribution in [2.45, 2.75) is 32.7 Å². The Labute approximate surface area is 159 Å². The van der Waals surface area contributed by atoms with Gasteiger partial charge in [0.2, 0.25) is 5.91 Å². The van der Waals surface area contributed by atoms with E-state index < -0.39 is 0 Å². The predicted molar refractivity (Wildman–Crippen MR) is 108 cm³/mol. The summed E-state index contributed by atoms with van der Waals surface area (Å²) in [6.07, 6.45) is 1.69. The Hall–Kier alpha value is -2.66. The number of carbonyl (C=O) groups excluding carboxylic acids is 1. The zero-order valence-electron chi connectivity index (χ0n) is 16.0. The fraction of sp³-hybridized carbons (Fsp3) is 0.364. The molecule has 1 aliphatic heterocycles. The SMILES string of the molecule is Cc1ccc2[nH]c(CCN3CC(=O)N[C@@H](Cc4ccccc4)C3)nc2c1C. The first-order valence-electron chi connectivity index (χ1n) is 9.59. The molecule has 2 aromatic carbocycles. The molecule has 3 aromatic rings. The normalized spacial score (nSPS) is 18.0. The molecule has 5 heteroatoms. The van der Waals surface area contributed by atoms with Crippen molar-refractivity contribution in [1.29, 1.82) is 0 Å². The van der Waals surface area contributed by atoms with E-state index in [1.807, 2.05) is 18.2 Å². The average molecular weight is 362 g/mol. The lowest BCUT2D eigenvalue weighted by Crippen LogP contribution is -2.55. The first-order valence-corrected chi connectivity index (χ1v) is 9.59. The van der Waals surface area contributed by atoms with Crippen LogP contribution in [0.5, 0.6) is 0 Å². The molecule has 0 aliphatic carbocycles. The molecule has 0 bridgehead atoms. The molecule has 27 heavy (non-hydrogen) atoms. The van der Waals surface area contributed by atoms with Crippen molar-refractivity contribution in [1.82, 2.24) is 20.2 Å². The summed E-state index contributed by atoms with van der Waals surface area (Å²) in [4.78, 5) is 22.6. The summed E-state index contributed by atoms with van der Waals surface area (Å²) < 4.78 is 0. The zero-order chi connectivity index (χ0) is 18.8. The van der Waals surface area contributed by atoms with Gasteiger partial charge in [-0.25, -0.2) is 4.98 Å². The second kappa shape index (κ2) is 7.53. The van der Waals surface area contributed by atoms with Crippen molar-refractivity contribution in [3.63, 3.8) is 0 Å². The van der Waals surface area contributed by atoms with Gasteiger partial charge in [0.1, 0.15) is 5.82 Å². The Balaban J connectivity index is 1.40. The summed E-state index contributed by atoms with van der Waals surface area (Å²) in [7, 11) is 0. The van der Waals surface area contributed by atoms with Crippen molar-refractivity contribution in [3.05, 3.63) is 65.0 Å². The maximum absolute atomic E-state index is 12.1. The number of hydrogen-bond donors (Lipinski definition) is 2. The fourth-order valence-corrected chi connectivity index (χ4v) is 3.83. The minimum Gasteiger partial charge on any atom is -0.351 e. The van der Waals surface area contributed by atoms with Crippen LogP contribution in [0.3, 0.4) is 0 Å². The molecule has 0 unspecified atom stereocenters. The topological polar surface area (TPSA) is 61.0 Å². The number of aryl methyl sites for hydroxylation is 2. The van der Waals surface area contributed by atoms with E-state index >= 15 is 0 Å². The molecule has 4 rings (SSSR count). The van der Waals surface area contributed by atoms with Gasteiger partial charge in [-0.15, -0.1) is 0 Å². The molecule has 1 atom stereocenters. The van der Waals surface area contributed by atoms with E-state index in [1.165, 1.54) is 16.7 Å². The summed E-state index contributed by atoms with van der Waals surface area (Å²) in [5.41, 5.74) is 5.90. The van der Waals surface area contributed by atoms with Crippen LogP contribution in [-0.4, -0.2) is 46.5 Å². The van der Waals surface area contributed by atoms with Gasteiger partial charge in [-0.1, -0.05) is 36.4 Å². The summed E-state index contributed by atoms with van der Waals surface area (Å²) in [5, 5.41) is 3.12. The number of nitrogens with one attached hydrogen (secondary N) is 2. The lowest BCUT2D eigenvalue weighted by Gasteiger charge is -2.33. The lowest BCUT2D eigenvalue weighted by atomic mass is 10.0. The van der Waals surface area contributed by atoms with Crippen LogP contribution < -0.4 is 5.32 Å². The minimum absolute atomic E-state index is 0.109. The quantitative estimate of drug-likeness (QED) is 0.734. The van der Waals surface area contributed by atoms with Gasteiger partial charge in [-0.05, 0) is 43.0 Å². The van der Waals surface area contributed by atoms with E-state index in [4.69, 9.17) is 4.98 Å². The van der Waals surface area contributed by atoms with Crippen molar-refractivity contribution < 1.29 is 4.79 Å². The smallest absolute Gasteiger partial charge is 0.234 e. The highest BCUT2D eigenvalue weighted by atomic mass is 16.2. The number of nitrogens with zero attached hydrogens (tertiary/aromatic N) is 2. The highest BCUT2D eigenvalue weighted by Gasteiger charge is 2.24. The van der Waals surface area contributed by atoms with Crippen LogP contribution in [0.2, 0.25) is 0 Å². The van der Waals surface area contributed by atoms with E-state index in [0.717, 1.165) is 42.8 Å². The molecule has 0 radical (unpaired) electrons. The van der Waals surface area contributed by atoms with Gasteiger partial charge in [0, 0.05) is 25.6 Å². The molecule has 0 spiro atoms. The Morgan fingerprint density at radius 3 is 2.78 bits per heavy atom.